The van der Waals surface area contributed by atoms with Crippen LogP contribution in [-0.4, -0.2) is 39.7 Å². The van der Waals surface area contributed by atoms with Crippen molar-refractivity contribution in [3.8, 4) is 0 Å². The number of nitrogens with one attached hydrogen (secondary N) is 1. The molecule has 0 aliphatic carbocycles. The van der Waals surface area contributed by atoms with E-state index in [1.807, 2.05) is 0 Å². The van der Waals surface area contributed by atoms with E-state index in [0.717, 1.165) is 37.6 Å². The number of alkyl halides is 3. The van der Waals surface area contributed by atoms with Crippen molar-refractivity contribution in [2.75, 3.05) is 11.9 Å². The number of ether oxygens (including phenoxy) is 1. The average molecular weight is 532 g/mol. The lowest BCUT2D eigenvalue weighted by molar-refractivity contribution is -0.274. The highest BCUT2D eigenvalue weighted by molar-refractivity contribution is 6.32. The SMILES string of the molecule is CCOC(=O)c1coc(NC(=O)c2ccc(C(C)C(O)(c3ccnc(Cl)c3)C(F)(F)F)c(Cl)c2)n1. The normalized spacial score (nSPS) is 14.2. The maximum absolute atomic E-state index is 14.1. The number of amides is 1. The maximum atomic E-state index is 14.1. The summed E-state index contributed by atoms with van der Waals surface area (Å²) in [6.45, 7) is 2.87. The summed E-state index contributed by atoms with van der Waals surface area (Å²) in [6, 6.07) is 5.18. The second kappa shape index (κ2) is 10.2. The number of oxazole rings is 1. The van der Waals surface area contributed by atoms with Crippen molar-refractivity contribution >= 4 is 41.1 Å². The molecule has 2 heterocycles. The molecule has 13 heteroatoms. The lowest BCUT2D eigenvalue weighted by Crippen LogP contribution is -2.46. The van der Waals surface area contributed by atoms with E-state index in [4.69, 9.17) is 32.4 Å². The van der Waals surface area contributed by atoms with Crippen LogP contribution >= 0.6 is 23.2 Å². The molecule has 0 aliphatic rings. The van der Waals surface area contributed by atoms with E-state index in [0.29, 0.717) is 0 Å². The molecule has 2 atom stereocenters. The highest BCUT2D eigenvalue weighted by atomic mass is 35.5. The molecular formula is C22H18Cl2F3N3O5. The number of halogens is 5. The first kappa shape index (κ1) is 26.5. The van der Waals surface area contributed by atoms with Crippen LogP contribution in [-0.2, 0) is 10.3 Å². The number of hydrogen-bond acceptors (Lipinski definition) is 7. The summed E-state index contributed by atoms with van der Waals surface area (Å²) in [5.41, 5.74) is -4.14. The lowest BCUT2D eigenvalue weighted by Gasteiger charge is -2.37. The maximum Gasteiger partial charge on any atom is 0.422 e. The third-order valence-corrected chi connectivity index (χ3v) is 5.70. The summed E-state index contributed by atoms with van der Waals surface area (Å²) in [6.07, 6.45) is -3.06. The number of carbonyl (C=O) groups excluding carboxylic acids is 2. The molecule has 0 saturated carbocycles. The zero-order valence-corrected chi connectivity index (χ0v) is 19.7. The molecule has 0 fully saturated rings. The Morgan fingerprint density at radius 1 is 1.23 bits per heavy atom. The highest BCUT2D eigenvalue weighted by Gasteiger charge is 2.59. The van der Waals surface area contributed by atoms with Gasteiger partial charge >= 0.3 is 18.2 Å². The fraction of sp³-hybridized carbons (Fsp3) is 0.273. The van der Waals surface area contributed by atoms with Gasteiger partial charge in [-0.05, 0) is 42.3 Å². The molecule has 3 rings (SSSR count). The number of anilines is 1. The summed E-state index contributed by atoms with van der Waals surface area (Å²) in [5.74, 6) is -3.09. The molecule has 2 N–H and O–H groups in total. The fourth-order valence-corrected chi connectivity index (χ4v) is 3.86. The van der Waals surface area contributed by atoms with Crippen molar-refractivity contribution in [1.82, 2.24) is 9.97 Å². The zero-order chi connectivity index (χ0) is 26.0. The minimum atomic E-state index is -5.10. The summed E-state index contributed by atoms with van der Waals surface area (Å²) < 4.78 is 52.0. The summed E-state index contributed by atoms with van der Waals surface area (Å²) in [5, 5.41) is 12.7. The Kier molecular flexibility index (Phi) is 7.73. The topological polar surface area (TPSA) is 115 Å². The van der Waals surface area contributed by atoms with Crippen molar-refractivity contribution in [1.29, 1.82) is 0 Å². The summed E-state index contributed by atoms with van der Waals surface area (Å²) in [7, 11) is 0. The van der Waals surface area contributed by atoms with Crippen LogP contribution in [0, 0.1) is 0 Å². The molecule has 1 amide bonds. The zero-order valence-electron chi connectivity index (χ0n) is 18.2. The first-order valence-electron chi connectivity index (χ1n) is 10.0. The monoisotopic (exact) mass is 531 g/mol. The highest BCUT2D eigenvalue weighted by Crippen LogP contribution is 2.50. The minimum Gasteiger partial charge on any atom is -0.461 e. The van der Waals surface area contributed by atoms with Gasteiger partial charge in [0.15, 0.2) is 11.3 Å². The Balaban J connectivity index is 1.87. The van der Waals surface area contributed by atoms with Crippen LogP contribution in [0.25, 0.3) is 0 Å². The van der Waals surface area contributed by atoms with Crippen molar-refractivity contribution in [3.63, 3.8) is 0 Å². The minimum absolute atomic E-state index is 0.0376. The van der Waals surface area contributed by atoms with E-state index in [-0.39, 0.29) is 39.6 Å². The molecule has 0 spiro atoms. The number of aliphatic hydroxyl groups is 1. The third-order valence-electron chi connectivity index (χ3n) is 5.16. The number of rotatable bonds is 7. The van der Waals surface area contributed by atoms with E-state index < -0.39 is 35.1 Å². The predicted octanol–water partition coefficient (Wildman–Crippen LogP) is 5.36. The van der Waals surface area contributed by atoms with Gasteiger partial charge in [0.25, 0.3) is 5.91 Å². The van der Waals surface area contributed by atoms with Gasteiger partial charge in [-0.1, -0.05) is 36.2 Å². The second-order valence-electron chi connectivity index (χ2n) is 7.30. The molecule has 0 saturated heterocycles. The first-order chi connectivity index (χ1) is 16.4. The van der Waals surface area contributed by atoms with Gasteiger partial charge in [0.2, 0.25) is 0 Å². The predicted molar refractivity (Wildman–Crippen MR) is 119 cm³/mol. The van der Waals surface area contributed by atoms with E-state index in [2.05, 4.69) is 15.3 Å². The Bertz CT molecular complexity index is 1250. The second-order valence-corrected chi connectivity index (χ2v) is 8.10. The number of pyridine rings is 1. The number of carbonyl (C=O) groups is 2. The number of hydrogen-bond donors (Lipinski definition) is 2. The number of esters is 1. The van der Waals surface area contributed by atoms with Crippen LogP contribution in [0.4, 0.5) is 19.2 Å². The smallest absolute Gasteiger partial charge is 0.422 e. The molecule has 0 bridgehead atoms. The molecule has 2 unspecified atom stereocenters. The largest absolute Gasteiger partial charge is 0.461 e. The van der Waals surface area contributed by atoms with Crippen LogP contribution in [0.2, 0.25) is 10.2 Å². The van der Waals surface area contributed by atoms with Gasteiger partial charge in [-0.25, -0.2) is 9.78 Å². The van der Waals surface area contributed by atoms with E-state index >= 15 is 0 Å². The van der Waals surface area contributed by atoms with Gasteiger partial charge in [0.05, 0.1) is 6.61 Å². The lowest BCUT2D eigenvalue weighted by atomic mass is 9.78. The molecule has 0 aliphatic heterocycles. The standard InChI is InChI=1S/C22H18Cl2F3N3O5/c1-3-34-19(32)16-10-35-20(29-16)30-18(31)12-4-5-14(15(23)8-12)11(2)21(33,22(25,26)27)13-6-7-28-17(24)9-13/h4-11,33H,3H2,1-2H3,(H,29,30,31). The fourth-order valence-electron chi connectivity index (χ4n) is 3.34. The Labute approximate surface area is 207 Å². The summed E-state index contributed by atoms with van der Waals surface area (Å²) in [4.78, 5) is 31.6. The molecule has 1 aromatic carbocycles. The number of nitrogens with zero attached hydrogens (tertiary/aromatic N) is 2. The van der Waals surface area contributed by atoms with Gasteiger partial charge in [-0.2, -0.15) is 18.2 Å². The third kappa shape index (κ3) is 5.42. The molecule has 3 aromatic rings. The quantitative estimate of drug-likeness (QED) is 0.311. The number of benzene rings is 1. The molecular weight excluding hydrogens is 514 g/mol. The van der Waals surface area contributed by atoms with E-state index in [9.17, 15) is 27.9 Å². The Morgan fingerprint density at radius 2 is 1.94 bits per heavy atom. The van der Waals surface area contributed by atoms with Crippen molar-refractivity contribution < 1.29 is 37.0 Å². The molecule has 0 radical (unpaired) electrons. The average Bonchev–Trinajstić information content (AvgIpc) is 3.26. The van der Waals surface area contributed by atoms with Gasteiger partial charge < -0.3 is 14.3 Å². The summed E-state index contributed by atoms with van der Waals surface area (Å²) >= 11 is 12.0. The van der Waals surface area contributed by atoms with Gasteiger partial charge in [-0.3, -0.25) is 10.1 Å². The van der Waals surface area contributed by atoms with Gasteiger partial charge in [-0.15, -0.1) is 0 Å². The van der Waals surface area contributed by atoms with Crippen LogP contribution in [0.5, 0.6) is 0 Å². The molecule has 186 valence electrons. The number of aromatic nitrogens is 2. The Morgan fingerprint density at radius 3 is 2.54 bits per heavy atom. The van der Waals surface area contributed by atoms with Crippen LogP contribution in [0.1, 0.15) is 51.7 Å². The van der Waals surface area contributed by atoms with Gasteiger partial charge in [0.1, 0.15) is 11.4 Å². The molecule has 8 nitrogen and oxygen atoms in total. The molecule has 35 heavy (non-hydrogen) atoms. The van der Waals surface area contributed by atoms with Crippen LogP contribution in [0.3, 0.4) is 0 Å². The Hall–Kier alpha value is -3.15. The van der Waals surface area contributed by atoms with E-state index in [1.165, 1.54) is 12.1 Å². The van der Waals surface area contributed by atoms with Gasteiger partial charge in [0, 0.05) is 22.7 Å². The first-order valence-corrected chi connectivity index (χ1v) is 10.8. The van der Waals surface area contributed by atoms with Crippen molar-refractivity contribution in [3.05, 3.63) is 75.4 Å². The van der Waals surface area contributed by atoms with E-state index in [1.54, 1.807) is 6.92 Å². The van der Waals surface area contributed by atoms with Crippen LogP contribution < -0.4 is 5.32 Å². The van der Waals surface area contributed by atoms with Crippen molar-refractivity contribution in [2.24, 2.45) is 0 Å². The van der Waals surface area contributed by atoms with Crippen LogP contribution in [0.15, 0.2) is 47.2 Å². The van der Waals surface area contributed by atoms with Crippen molar-refractivity contribution in [2.45, 2.75) is 31.5 Å². The molecule has 2 aromatic heterocycles.